The Hall–Kier alpha value is -0.0100. The predicted molar refractivity (Wildman–Crippen MR) is 67.7 cm³/mol. The molecule has 0 aromatic rings. The molecule has 114 valence electrons. The van der Waals surface area contributed by atoms with E-state index in [0.717, 1.165) is 6.42 Å². The fourth-order valence-corrected chi connectivity index (χ4v) is 2.81. The van der Waals surface area contributed by atoms with E-state index in [2.05, 4.69) is 0 Å². The Morgan fingerprint density at radius 3 is 2.21 bits per heavy atom. The quantitative estimate of drug-likeness (QED) is 0.431. The molecule has 0 aromatic carbocycles. The normalized spacial score (nSPS) is 38.2. The van der Waals surface area contributed by atoms with Crippen molar-refractivity contribution in [3.05, 3.63) is 0 Å². The highest BCUT2D eigenvalue weighted by Gasteiger charge is 2.45. The van der Waals surface area contributed by atoms with E-state index in [0.29, 0.717) is 0 Å². The zero-order chi connectivity index (χ0) is 14.8. The van der Waals surface area contributed by atoms with Gasteiger partial charge in [-0.15, -0.1) is 0 Å². The molecule has 0 aromatic heterocycles. The van der Waals surface area contributed by atoms with Crippen LogP contribution in [-0.2, 0) is 9.30 Å². The number of aliphatic hydroxyl groups is 3. The molecule has 0 bridgehead atoms. The first kappa shape index (κ1) is 17.0. The zero-order valence-corrected chi connectivity index (χ0v) is 12.0. The van der Waals surface area contributed by atoms with E-state index >= 15 is 0 Å². The molecule has 19 heavy (non-hydrogen) atoms. The SMILES string of the molecule is CCC(C)C1OC(CCP(=O)(O)O)C(O)C(O)C1O. The topological polar surface area (TPSA) is 127 Å². The van der Waals surface area contributed by atoms with Crippen LogP contribution >= 0.6 is 7.60 Å². The Labute approximate surface area is 112 Å². The van der Waals surface area contributed by atoms with Crippen molar-refractivity contribution in [2.45, 2.75) is 57.2 Å². The van der Waals surface area contributed by atoms with Crippen molar-refractivity contribution in [1.29, 1.82) is 0 Å². The number of ether oxygens (including phenoxy) is 1. The third kappa shape index (κ3) is 4.49. The van der Waals surface area contributed by atoms with Crippen molar-refractivity contribution in [2.75, 3.05) is 6.16 Å². The van der Waals surface area contributed by atoms with Crippen molar-refractivity contribution >= 4 is 7.60 Å². The Morgan fingerprint density at radius 2 is 1.74 bits per heavy atom. The summed E-state index contributed by atoms with van der Waals surface area (Å²) in [7, 11) is -4.18. The highest BCUT2D eigenvalue weighted by atomic mass is 31.2. The van der Waals surface area contributed by atoms with Gasteiger partial charge >= 0.3 is 7.60 Å². The molecular formula is C11H23O7P. The summed E-state index contributed by atoms with van der Waals surface area (Å²) in [4.78, 5) is 17.7. The molecule has 1 aliphatic heterocycles. The lowest BCUT2D eigenvalue weighted by Crippen LogP contribution is -2.59. The van der Waals surface area contributed by atoms with Gasteiger partial charge in [-0.3, -0.25) is 4.57 Å². The fraction of sp³-hybridized carbons (Fsp3) is 1.00. The van der Waals surface area contributed by atoms with Crippen LogP contribution < -0.4 is 0 Å². The number of rotatable bonds is 5. The first-order valence-electron chi connectivity index (χ1n) is 6.41. The van der Waals surface area contributed by atoms with Gasteiger partial charge in [-0.1, -0.05) is 20.3 Å². The lowest BCUT2D eigenvalue weighted by Gasteiger charge is -2.43. The average molecular weight is 298 g/mol. The molecule has 0 amide bonds. The third-order valence-electron chi connectivity index (χ3n) is 3.66. The van der Waals surface area contributed by atoms with Gasteiger partial charge in [0.25, 0.3) is 0 Å². The summed E-state index contributed by atoms with van der Waals surface area (Å²) in [6.45, 7) is 3.75. The van der Waals surface area contributed by atoms with Crippen molar-refractivity contribution in [1.82, 2.24) is 0 Å². The summed E-state index contributed by atoms with van der Waals surface area (Å²) in [6.07, 6.45) is -5.22. The summed E-state index contributed by atoms with van der Waals surface area (Å²) >= 11 is 0. The van der Waals surface area contributed by atoms with Gasteiger partial charge in [0.15, 0.2) is 0 Å². The van der Waals surface area contributed by atoms with Crippen molar-refractivity contribution in [3.63, 3.8) is 0 Å². The van der Waals surface area contributed by atoms with E-state index in [9.17, 15) is 19.9 Å². The second kappa shape index (κ2) is 6.63. The molecule has 1 saturated heterocycles. The molecule has 1 rings (SSSR count). The lowest BCUT2D eigenvalue weighted by atomic mass is 9.87. The summed E-state index contributed by atoms with van der Waals surface area (Å²) in [5, 5.41) is 29.4. The van der Waals surface area contributed by atoms with E-state index in [4.69, 9.17) is 14.5 Å². The van der Waals surface area contributed by atoms with E-state index in [1.807, 2.05) is 13.8 Å². The molecule has 8 heteroatoms. The van der Waals surface area contributed by atoms with E-state index in [1.165, 1.54) is 0 Å². The molecule has 0 spiro atoms. The van der Waals surface area contributed by atoms with Crippen LogP contribution in [0.3, 0.4) is 0 Å². The highest BCUT2D eigenvalue weighted by Crippen LogP contribution is 2.37. The molecular weight excluding hydrogens is 275 g/mol. The molecule has 6 unspecified atom stereocenters. The fourth-order valence-electron chi connectivity index (χ4n) is 2.22. The van der Waals surface area contributed by atoms with Crippen LogP contribution in [0.4, 0.5) is 0 Å². The highest BCUT2D eigenvalue weighted by molar-refractivity contribution is 7.51. The molecule has 1 heterocycles. The molecule has 1 aliphatic rings. The lowest BCUT2D eigenvalue weighted by molar-refractivity contribution is -0.233. The van der Waals surface area contributed by atoms with Crippen molar-refractivity contribution < 1.29 is 34.4 Å². The third-order valence-corrected chi connectivity index (χ3v) is 4.50. The molecule has 6 atom stereocenters. The minimum atomic E-state index is -4.18. The van der Waals surface area contributed by atoms with Crippen LogP contribution in [-0.4, -0.2) is 61.8 Å². The van der Waals surface area contributed by atoms with Gasteiger partial charge < -0.3 is 29.8 Å². The second-order valence-corrected chi connectivity index (χ2v) is 6.95. The van der Waals surface area contributed by atoms with Crippen molar-refractivity contribution in [3.8, 4) is 0 Å². The number of aliphatic hydroxyl groups excluding tert-OH is 3. The Balaban J connectivity index is 2.73. The van der Waals surface area contributed by atoms with Gasteiger partial charge in [-0.05, 0) is 12.3 Å². The largest absolute Gasteiger partial charge is 0.388 e. The first-order chi connectivity index (χ1) is 8.67. The summed E-state index contributed by atoms with van der Waals surface area (Å²) in [6, 6.07) is 0. The average Bonchev–Trinajstić information content (AvgIpc) is 2.33. The predicted octanol–water partition coefficient (Wildman–Crippen LogP) is -0.550. The van der Waals surface area contributed by atoms with Gasteiger partial charge in [0.1, 0.15) is 18.3 Å². The van der Waals surface area contributed by atoms with Gasteiger partial charge in [0.2, 0.25) is 0 Å². The summed E-state index contributed by atoms with van der Waals surface area (Å²) in [5.74, 6) is -0.0327. The van der Waals surface area contributed by atoms with Gasteiger partial charge in [0.05, 0.1) is 18.4 Å². The maximum absolute atomic E-state index is 10.8. The van der Waals surface area contributed by atoms with E-state index < -0.39 is 44.3 Å². The summed E-state index contributed by atoms with van der Waals surface area (Å²) < 4.78 is 16.4. The maximum atomic E-state index is 10.8. The summed E-state index contributed by atoms with van der Waals surface area (Å²) in [5.41, 5.74) is 0. The molecule has 5 N–H and O–H groups in total. The Bertz CT molecular complexity index is 331. The second-order valence-electron chi connectivity index (χ2n) is 5.17. The number of hydrogen-bond acceptors (Lipinski definition) is 5. The van der Waals surface area contributed by atoms with Crippen LogP contribution in [0.15, 0.2) is 0 Å². The van der Waals surface area contributed by atoms with Gasteiger partial charge in [-0.2, -0.15) is 0 Å². The molecule has 0 aliphatic carbocycles. The Morgan fingerprint density at radius 1 is 1.16 bits per heavy atom. The molecule has 1 fully saturated rings. The van der Waals surface area contributed by atoms with Crippen LogP contribution in [0.1, 0.15) is 26.7 Å². The van der Waals surface area contributed by atoms with Gasteiger partial charge in [-0.25, -0.2) is 0 Å². The first-order valence-corrected chi connectivity index (χ1v) is 8.21. The monoisotopic (exact) mass is 298 g/mol. The van der Waals surface area contributed by atoms with Crippen LogP contribution in [0.5, 0.6) is 0 Å². The minimum absolute atomic E-state index is 0.0327. The standard InChI is InChI=1S/C11H23O7P/c1-3-6(2)11-10(14)9(13)8(12)7(18-11)4-5-19(15,16)17/h6-14H,3-5H2,1-2H3,(H2,15,16,17). The van der Waals surface area contributed by atoms with E-state index in [-0.39, 0.29) is 12.3 Å². The van der Waals surface area contributed by atoms with E-state index in [1.54, 1.807) is 0 Å². The van der Waals surface area contributed by atoms with Crippen molar-refractivity contribution in [2.24, 2.45) is 5.92 Å². The molecule has 7 nitrogen and oxygen atoms in total. The minimum Gasteiger partial charge on any atom is -0.388 e. The zero-order valence-electron chi connectivity index (χ0n) is 11.1. The molecule has 0 radical (unpaired) electrons. The maximum Gasteiger partial charge on any atom is 0.325 e. The van der Waals surface area contributed by atoms with Gasteiger partial charge in [0, 0.05) is 0 Å². The smallest absolute Gasteiger partial charge is 0.325 e. The Kier molecular flexibility index (Phi) is 5.95. The number of hydrogen-bond donors (Lipinski definition) is 5. The molecule has 0 saturated carbocycles. The van der Waals surface area contributed by atoms with Crippen LogP contribution in [0, 0.1) is 5.92 Å². The van der Waals surface area contributed by atoms with Crippen LogP contribution in [0.2, 0.25) is 0 Å². The van der Waals surface area contributed by atoms with Crippen LogP contribution in [0.25, 0.3) is 0 Å².